The van der Waals surface area contributed by atoms with E-state index in [0.29, 0.717) is 12.5 Å². The zero-order chi connectivity index (χ0) is 13.8. The molecule has 0 atom stereocenters. The summed E-state index contributed by atoms with van der Waals surface area (Å²) in [5.74, 6) is 0.697. The molecule has 0 spiro atoms. The van der Waals surface area contributed by atoms with E-state index in [-0.39, 0.29) is 0 Å². The van der Waals surface area contributed by atoms with E-state index in [9.17, 15) is 0 Å². The summed E-state index contributed by atoms with van der Waals surface area (Å²) >= 11 is 1.68. The Kier molecular flexibility index (Phi) is 4.28. The highest BCUT2D eigenvalue weighted by atomic mass is 32.1. The molecule has 1 N–H and O–H groups in total. The maximum Gasteiger partial charge on any atom is 0.213 e. The van der Waals surface area contributed by atoms with Crippen molar-refractivity contribution in [2.45, 2.75) is 38.8 Å². The van der Waals surface area contributed by atoms with Crippen molar-refractivity contribution in [1.82, 2.24) is 15.3 Å². The van der Waals surface area contributed by atoms with Crippen LogP contribution in [0.25, 0.3) is 0 Å². The van der Waals surface area contributed by atoms with Crippen molar-refractivity contribution in [3.63, 3.8) is 0 Å². The maximum absolute atomic E-state index is 5.67. The largest absolute Gasteiger partial charge is 0.477 e. The van der Waals surface area contributed by atoms with Crippen molar-refractivity contribution in [1.29, 1.82) is 0 Å². The first-order valence-electron chi connectivity index (χ1n) is 7.01. The molecule has 3 rings (SSSR count). The van der Waals surface area contributed by atoms with Crippen LogP contribution in [0.15, 0.2) is 23.8 Å². The van der Waals surface area contributed by atoms with Gasteiger partial charge in [-0.3, -0.25) is 0 Å². The van der Waals surface area contributed by atoms with Gasteiger partial charge in [0, 0.05) is 36.1 Å². The predicted octanol–water partition coefficient (Wildman–Crippen LogP) is 2.72. The molecule has 2 aromatic rings. The van der Waals surface area contributed by atoms with Crippen LogP contribution in [0.5, 0.6) is 5.88 Å². The number of hydrogen-bond donors (Lipinski definition) is 1. The maximum atomic E-state index is 5.67. The van der Waals surface area contributed by atoms with Crippen molar-refractivity contribution in [2.24, 2.45) is 0 Å². The van der Waals surface area contributed by atoms with Crippen LogP contribution in [0.2, 0.25) is 0 Å². The molecule has 0 bridgehead atoms. The van der Waals surface area contributed by atoms with Crippen LogP contribution >= 0.6 is 11.3 Å². The fraction of sp³-hybridized carbons (Fsp3) is 0.467. The minimum Gasteiger partial charge on any atom is -0.477 e. The van der Waals surface area contributed by atoms with E-state index in [4.69, 9.17) is 4.74 Å². The summed E-state index contributed by atoms with van der Waals surface area (Å²) in [6, 6.07) is 4.76. The van der Waals surface area contributed by atoms with Crippen LogP contribution < -0.4 is 10.1 Å². The third kappa shape index (κ3) is 3.77. The van der Waals surface area contributed by atoms with E-state index >= 15 is 0 Å². The summed E-state index contributed by atoms with van der Waals surface area (Å²) in [7, 11) is 0. The number of pyridine rings is 1. The molecule has 0 unspecified atom stereocenters. The van der Waals surface area contributed by atoms with Crippen LogP contribution in [0, 0.1) is 6.92 Å². The second-order valence-electron chi connectivity index (χ2n) is 5.12. The Bertz CT molecular complexity index is 549. The number of hydrogen-bond acceptors (Lipinski definition) is 5. The van der Waals surface area contributed by atoms with Crippen LogP contribution in [0.4, 0.5) is 0 Å². The molecule has 0 radical (unpaired) electrons. The number of nitrogens with zero attached hydrogens (tertiary/aromatic N) is 2. The molecule has 1 aliphatic rings. The first-order valence-corrected chi connectivity index (χ1v) is 7.89. The standard InChI is InChI=1S/C15H19N3OS/c1-11-14(20-10-18-11)6-7-19-15-5-2-12(9-17-15)8-16-13-3-4-13/h2,5,9-10,13,16H,3-4,6-8H2,1H3. The molecule has 0 saturated heterocycles. The Morgan fingerprint density at radius 1 is 1.35 bits per heavy atom. The lowest BCUT2D eigenvalue weighted by atomic mass is 10.3. The number of aromatic nitrogens is 2. The van der Waals surface area contributed by atoms with Gasteiger partial charge in [-0.05, 0) is 25.3 Å². The molecule has 0 amide bonds. The van der Waals surface area contributed by atoms with Gasteiger partial charge in [0.2, 0.25) is 5.88 Å². The van der Waals surface area contributed by atoms with Crippen LogP contribution in [0.1, 0.15) is 29.0 Å². The zero-order valence-electron chi connectivity index (χ0n) is 11.6. The van der Waals surface area contributed by atoms with E-state index in [1.807, 2.05) is 24.7 Å². The first kappa shape index (κ1) is 13.5. The Balaban J connectivity index is 1.44. The Morgan fingerprint density at radius 2 is 2.25 bits per heavy atom. The Labute approximate surface area is 123 Å². The third-order valence-electron chi connectivity index (χ3n) is 3.39. The van der Waals surface area contributed by atoms with Gasteiger partial charge >= 0.3 is 0 Å². The Hall–Kier alpha value is -1.46. The smallest absolute Gasteiger partial charge is 0.213 e. The van der Waals surface area contributed by atoms with Gasteiger partial charge in [-0.1, -0.05) is 6.07 Å². The number of aryl methyl sites for hydroxylation is 1. The van der Waals surface area contributed by atoms with E-state index in [2.05, 4.69) is 21.4 Å². The summed E-state index contributed by atoms with van der Waals surface area (Å²) in [5.41, 5.74) is 4.19. The normalized spacial score (nSPS) is 14.4. The van der Waals surface area contributed by atoms with Gasteiger partial charge in [-0.15, -0.1) is 11.3 Å². The fourth-order valence-corrected chi connectivity index (χ4v) is 2.73. The second kappa shape index (κ2) is 6.33. The van der Waals surface area contributed by atoms with Crippen LogP contribution in [0.3, 0.4) is 0 Å². The summed E-state index contributed by atoms with van der Waals surface area (Å²) in [6.07, 6.45) is 5.41. The minimum atomic E-state index is 0.649. The van der Waals surface area contributed by atoms with Gasteiger partial charge in [-0.2, -0.15) is 0 Å². The van der Waals surface area contributed by atoms with Crippen molar-refractivity contribution < 1.29 is 4.74 Å². The van der Waals surface area contributed by atoms with Gasteiger partial charge in [0.05, 0.1) is 17.8 Å². The molecular formula is C15H19N3OS. The van der Waals surface area contributed by atoms with Gasteiger partial charge < -0.3 is 10.1 Å². The SMILES string of the molecule is Cc1ncsc1CCOc1ccc(CNC2CC2)cn1. The summed E-state index contributed by atoms with van der Waals surface area (Å²) in [5, 5.41) is 3.47. The number of nitrogens with one attached hydrogen (secondary N) is 1. The van der Waals surface area contributed by atoms with Crippen LogP contribution in [-0.2, 0) is 13.0 Å². The van der Waals surface area contributed by atoms with Crippen molar-refractivity contribution in [3.8, 4) is 5.88 Å². The highest BCUT2D eigenvalue weighted by molar-refractivity contribution is 7.09. The van der Waals surface area contributed by atoms with Crippen LogP contribution in [-0.4, -0.2) is 22.6 Å². The zero-order valence-corrected chi connectivity index (χ0v) is 12.4. The lowest BCUT2D eigenvalue weighted by molar-refractivity contribution is 0.310. The predicted molar refractivity (Wildman–Crippen MR) is 80.1 cm³/mol. The third-order valence-corrected chi connectivity index (χ3v) is 4.39. The van der Waals surface area contributed by atoms with Crippen molar-refractivity contribution in [3.05, 3.63) is 40.0 Å². The number of thiazole rings is 1. The molecule has 4 nitrogen and oxygen atoms in total. The summed E-state index contributed by atoms with van der Waals surface area (Å²) in [6.45, 7) is 3.58. The van der Waals surface area contributed by atoms with Gasteiger partial charge in [0.25, 0.3) is 0 Å². The fourth-order valence-electron chi connectivity index (χ4n) is 1.96. The minimum absolute atomic E-state index is 0.649. The summed E-state index contributed by atoms with van der Waals surface area (Å²) < 4.78 is 5.67. The molecule has 1 fully saturated rings. The second-order valence-corrected chi connectivity index (χ2v) is 6.06. The van der Waals surface area contributed by atoms with Gasteiger partial charge in [0.1, 0.15) is 0 Å². The topological polar surface area (TPSA) is 47.0 Å². The van der Waals surface area contributed by atoms with E-state index in [1.165, 1.54) is 23.3 Å². The van der Waals surface area contributed by atoms with Crippen molar-refractivity contribution >= 4 is 11.3 Å². The number of rotatable bonds is 7. The molecule has 2 heterocycles. The molecular weight excluding hydrogens is 270 g/mol. The molecule has 20 heavy (non-hydrogen) atoms. The average molecular weight is 289 g/mol. The molecule has 2 aromatic heterocycles. The monoisotopic (exact) mass is 289 g/mol. The van der Waals surface area contributed by atoms with E-state index in [0.717, 1.165) is 24.7 Å². The summed E-state index contributed by atoms with van der Waals surface area (Å²) in [4.78, 5) is 9.87. The highest BCUT2D eigenvalue weighted by Crippen LogP contribution is 2.19. The molecule has 1 saturated carbocycles. The Morgan fingerprint density at radius 3 is 2.90 bits per heavy atom. The highest BCUT2D eigenvalue weighted by Gasteiger charge is 2.19. The molecule has 0 aromatic carbocycles. The van der Waals surface area contributed by atoms with Gasteiger partial charge in [0.15, 0.2) is 0 Å². The molecule has 106 valence electrons. The lowest BCUT2D eigenvalue weighted by Crippen LogP contribution is -2.15. The quantitative estimate of drug-likeness (QED) is 0.851. The van der Waals surface area contributed by atoms with Gasteiger partial charge in [-0.25, -0.2) is 9.97 Å². The molecule has 1 aliphatic carbocycles. The first-order chi connectivity index (χ1) is 9.81. The molecule has 5 heteroatoms. The number of ether oxygens (including phenoxy) is 1. The van der Waals surface area contributed by atoms with E-state index in [1.54, 1.807) is 11.3 Å². The van der Waals surface area contributed by atoms with Crippen molar-refractivity contribution in [2.75, 3.05) is 6.61 Å². The average Bonchev–Trinajstić information content (AvgIpc) is 3.21. The lowest BCUT2D eigenvalue weighted by Gasteiger charge is -2.06. The van der Waals surface area contributed by atoms with E-state index < -0.39 is 0 Å². The molecule has 0 aliphatic heterocycles.